The van der Waals surface area contributed by atoms with Gasteiger partial charge in [-0.25, -0.2) is 0 Å². The van der Waals surface area contributed by atoms with Crippen LogP contribution in [0.5, 0.6) is 0 Å². The molecule has 0 aromatic heterocycles. The van der Waals surface area contributed by atoms with Crippen molar-refractivity contribution in [1.82, 2.24) is 0 Å². The monoisotopic (exact) mass is 344 g/mol. The molecule has 0 aliphatic rings. The van der Waals surface area contributed by atoms with Gasteiger partial charge in [0.25, 0.3) is 5.69 Å². The Balaban J connectivity index is 2.05. The molecule has 0 aliphatic heterocycles. The Labute approximate surface area is 145 Å². The zero-order valence-corrected chi connectivity index (χ0v) is 13.8. The molecule has 2 N–H and O–H groups in total. The van der Waals surface area contributed by atoms with E-state index in [1.807, 2.05) is 24.0 Å². The lowest BCUT2D eigenvalue weighted by Gasteiger charge is -2.25. The number of azo groups is 1. The molecule has 2 aromatic rings. The van der Waals surface area contributed by atoms with Crippen LogP contribution in [0.4, 0.5) is 22.7 Å². The van der Waals surface area contributed by atoms with E-state index in [-0.39, 0.29) is 12.3 Å². The van der Waals surface area contributed by atoms with Gasteiger partial charge in [0.05, 0.1) is 29.0 Å². The first-order chi connectivity index (χ1) is 12.0. The molecule has 0 bridgehead atoms. The Hall–Kier alpha value is -2.84. The average Bonchev–Trinajstić information content (AvgIpc) is 2.65. The third-order valence-electron chi connectivity index (χ3n) is 3.58. The summed E-state index contributed by atoms with van der Waals surface area (Å²) in [5, 5.41) is 37.3. The summed E-state index contributed by atoms with van der Waals surface area (Å²) in [5.41, 5.74) is 2.08. The number of hydrogen-bond donors (Lipinski definition) is 2. The summed E-state index contributed by atoms with van der Waals surface area (Å²) in [6.45, 7) is 2.72. The molecule has 132 valence electrons. The summed E-state index contributed by atoms with van der Waals surface area (Å²) in [7, 11) is 0. The van der Waals surface area contributed by atoms with E-state index in [9.17, 15) is 15.2 Å². The van der Waals surface area contributed by atoms with Crippen molar-refractivity contribution >= 4 is 22.7 Å². The van der Waals surface area contributed by atoms with Gasteiger partial charge in [-0.1, -0.05) is 0 Å². The fraction of sp³-hybridized carbons (Fsp3) is 0.294. The van der Waals surface area contributed by atoms with E-state index in [0.717, 1.165) is 5.69 Å². The normalized spacial score (nSPS) is 12.3. The molecule has 0 spiro atoms. The van der Waals surface area contributed by atoms with Gasteiger partial charge < -0.3 is 15.1 Å². The highest BCUT2D eigenvalue weighted by Gasteiger charge is 2.10. The molecule has 0 fully saturated rings. The largest absolute Gasteiger partial charge is 0.394 e. The van der Waals surface area contributed by atoms with E-state index in [2.05, 4.69) is 10.2 Å². The molecular formula is C17H20N4O4. The van der Waals surface area contributed by atoms with Crippen LogP contribution < -0.4 is 4.90 Å². The van der Waals surface area contributed by atoms with Crippen LogP contribution in [0.1, 0.15) is 6.92 Å². The van der Waals surface area contributed by atoms with E-state index in [1.165, 1.54) is 24.3 Å². The Morgan fingerprint density at radius 2 is 1.60 bits per heavy atom. The Morgan fingerprint density at radius 3 is 2.04 bits per heavy atom. The van der Waals surface area contributed by atoms with Crippen LogP contribution in [-0.2, 0) is 0 Å². The number of nitrogens with zero attached hydrogens (tertiary/aromatic N) is 4. The van der Waals surface area contributed by atoms with Crippen molar-refractivity contribution in [2.24, 2.45) is 10.2 Å². The summed E-state index contributed by atoms with van der Waals surface area (Å²) < 4.78 is 0. The Bertz CT molecular complexity index is 716. The minimum Gasteiger partial charge on any atom is -0.394 e. The van der Waals surface area contributed by atoms with E-state index in [4.69, 9.17) is 5.11 Å². The fourth-order valence-electron chi connectivity index (χ4n) is 2.22. The van der Waals surface area contributed by atoms with Crippen molar-refractivity contribution in [2.45, 2.75) is 13.0 Å². The number of rotatable bonds is 8. The van der Waals surface area contributed by atoms with Gasteiger partial charge in [0.2, 0.25) is 0 Å². The lowest BCUT2D eigenvalue weighted by atomic mass is 10.2. The molecule has 2 aromatic carbocycles. The number of likely N-dealkylation sites (N-methyl/N-ethyl adjacent to an activating group) is 1. The molecule has 0 saturated carbocycles. The number of anilines is 1. The average molecular weight is 344 g/mol. The zero-order valence-electron chi connectivity index (χ0n) is 13.8. The zero-order chi connectivity index (χ0) is 18.2. The van der Waals surface area contributed by atoms with Crippen LogP contribution in [-0.4, -0.2) is 40.9 Å². The van der Waals surface area contributed by atoms with Crippen molar-refractivity contribution in [3.05, 3.63) is 58.6 Å². The number of hydrogen-bond acceptors (Lipinski definition) is 7. The Kier molecular flexibility index (Phi) is 6.55. The summed E-state index contributed by atoms with van der Waals surface area (Å²) in [5.74, 6) is 0. The summed E-state index contributed by atoms with van der Waals surface area (Å²) in [6, 6.07) is 13.1. The van der Waals surface area contributed by atoms with Gasteiger partial charge in [0.1, 0.15) is 0 Å². The fourth-order valence-corrected chi connectivity index (χ4v) is 2.22. The predicted molar refractivity (Wildman–Crippen MR) is 94.7 cm³/mol. The number of aliphatic hydroxyl groups excluding tert-OH is 2. The van der Waals surface area contributed by atoms with Gasteiger partial charge in [-0.05, 0) is 43.3 Å². The van der Waals surface area contributed by atoms with Gasteiger partial charge in [0.15, 0.2) is 0 Å². The molecule has 8 heteroatoms. The number of nitro benzene ring substituents is 1. The van der Waals surface area contributed by atoms with Crippen molar-refractivity contribution in [3.8, 4) is 0 Å². The SMILES string of the molecule is CCN(CC(O)CO)c1ccc(N=Nc2ccc([N+](=O)[O-])cc2)cc1. The van der Waals surface area contributed by atoms with Crippen LogP contribution in [0, 0.1) is 10.1 Å². The third kappa shape index (κ3) is 5.33. The van der Waals surface area contributed by atoms with Gasteiger partial charge in [-0.3, -0.25) is 10.1 Å². The van der Waals surface area contributed by atoms with Gasteiger partial charge in [0, 0.05) is 30.9 Å². The minimum absolute atomic E-state index is 0.00743. The first-order valence-corrected chi connectivity index (χ1v) is 7.83. The molecule has 2 rings (SSSR count). The van der Waals surface area contributed by atoms with E-state index >= 15 is 0 Å². The summed E-state index contributed by atoms with van der Waals surface area (Å²) >= 11 is 0. The van der Waals surface area contributed by atoms with Crippen LogP contribution in [0.25, 0.3) is 0 Å². The van der Waals surface area contributed by atoms with Gasteiger partial charge in [-0.2, -0.15) is 10.2 Å². The molecular weight excluding hydrogens is 324 g/mol. The number of benzene rings is 2. The lowest BCUT2D eigenvalue weighted by molar-refractivity contribution is -0.384. The van der Waals surface area contributed by atoms with Crippen LogP contribution >= 0.6 is 0 Å². The quantitative estimate of drug-likeness (QED) is 0.434. The standard InChI is InChI=1S/C17H20N4O4/c1-2-20(11-17(23)12-22)15-7-3-13(4-8-15)18-19-14-5-9-16(10-6-14)21(24)25/h3-10,17,22-23H,2,11-12H2,1H3. The van der Waals surface area contributed by atoms with Crippen molar-refractivity contribution < 1.29 is 15.1 Å². The molecule has 0 amide bonds. The Morgan fingerprint density at radius 1 is 1.08 bits per heavy atom. The third-order valence-corrected chi connectivity index (χ3v) is 3.58. The molecule has 0 radical (unpaired) electrons. The summed E-state index contributed by atoms with van der Waals surface area (Å²) in [4.78, 5) is 12.1. The minimum atomic E-state index is -0.790. The molecule has 0 aliphatic carbocycles. The lowest BCUT2D eigenvalue weighted by Crippen LogP contribution is -2.34. The van der Waals surface area contributed by atoms with E-state index in [1.54, 1.807) is 12.1 Å². The first-order valence-electron chi connectivity index (χ1n) is 7.83. The highest BCUT2D eigenvalue weighted by molar-refractivity contribution is 5.53. The second kappa shape index (κ2) is 8.86. The van der Waals surface area contributed by atoms with Crippen molar-refractivity contribution in [1.29, 1.82) is 0 Å². The first kappa shape index (κ1) is 18.5. The highest BCUT2D eigenvalue weighted by atomic mass is 16.6. The van der Waals surface area contributed by atoms with Gasteiger partial charge in [-0.15, -0.1) is 0 Å². The molecule has 0 saturated heterocycles. The maximum absolute atomic E-state index is 10.6. The van der Waals surface area contributed by atoms with Gasteiger partial charge >= 0.3 is 0 Å². The molecule has 8 nitrogen and oxygen atoms in total. The number of nitro groups is 1. The smallest absolute Gasteiger partial charge is 0.269 e. The topological polar surface area (TPSA) is 112 Å². The van der Waals surface area contributed by atoms with E-state index < -0.39 is 11.0 Å². The second-order valence-electron chi connectivity index (χ2n) is 5.36. The van der Waals surface area contributed by atoms with Crippen molar-refractivity contribution in [2.75, 3.05) is 24.6 Å². The predicted octanol–water partition coefficient (Wildman–Crippen LogP) is 3.19. The highest BCUT2D eigenvalue weighted by Crippen LogP contribution is 2.23. The van der Waals surface area contributed by atoms with Crippen LogP contribution in [0.2, 0.25) is 0 Å². The number of non-ortho nitro benzene ring substituents is 1. The molecule has 1 atom stereocenters. The van der Waals surface area contributed by atoms with Crippen molar-refractivity contribution in [3.63, 3.8) is 0 Å². The summed E-state index contributed by atoms with van der Waals surface area (Å²) in [6.07, 6.45) is -0.790. The molecule has 1 unspecified atom stereocenters. The molecule has 25 heavy (non-hydrogen) atoms. The van der Waals surface area contributed by atoms with E-state index in [0.29, 0.717) is 24.5 Å². The maximum Gasteiger partial charge on any atom is 0.269 e. The maximum atomic E-state index is 10.6. The number of aliphatic hydroxyl groups is 2. The molecule has 0 heterocycles. The van der Waals surface area contributed by atoms with Crippen LogP contribution in [0.3, 0.4) is 0 Å². The van der Waals surface area contributed by atoms with Crippen LogP contribution in [0.15, 0.2) is 58.8 Å². The second-order valence-corrected chi connectivity index (χ2v) is 5.36.